The fraction of sp³-hybridized carbons (Fsp3) is 0.500. The van der Waals surface area contributed by atoms with E-state index in [9.17, 15) is 5.11 Å². The van der Waals surface area contributed by atoms with Crippen LogP contribution in [0.2, 0.25) is 0 Å². The van der Waals surface area contributed by atoms with E-state index in [-0.39, 0.29) is 12.0 Å². The van der Waals surface area contributed by atoms with E-state index in [1.165, 1.54) is 0 Å². The normalized spacial score (nSPS) is 11.7. The summed E-state index contributed by atoms with van der Waals surface area (Å²) < 4.78 is 0. The Morgan fingerprint density at radius 3 is 2.36 bits per heavy atom. The van der Waals surface area contributed by atoms with Crippen molar-refractivity contribution in [3.8, 4) is 5.75 Å². The number of benzene rings is 1. The van der Waals surface area contributed by atoms with Crippen molar-refractivity contribution >= 4 is 0 Å². The van der Waals surface area contributed by atoms with Crippen LogP contribution in [0.15, 0.2) is 18.2 Å². The van der Waals surface area contributed by atoms with Crippen LogP contribution in [0, 0.1) is 0 Å². The fourth-order valence-corrected chi connectivity index (χ4v) is 1.47. The lowest BCUT2D eigenvalue weighted by Crippen LogP contribution is -2.12. The van der Waals surface area contributed by atoms with Gasteiger partial charge < -0.3 is 10.2 Å². The molecule has 2 nitrogen and oxygen atoms in total. The lowest BCUT2D eigenvalue weighted by Gasteiger charge is -2.21. The second-order valence-corrected chi connectivity index (χ2v) is 4.58. The summed E-state index contributed by atoms with van der Waals surface area (Å²) in [7, 11) is 0. The molecule has 1 rings (SSSR count). The molecule has 0 heterocycles. The van der Waals surface area contributed by atoms with Crippen molar-refractivity contribution in [2.75, 3.05) is 6.61 Å². The zero-order valence-electron chi connectivity index (χ0n) is 9.04. The average Bonchev–Trinajstić information content (AvgIpc) is 2.07. The molecular formula is C12H18O2. The summed E-state index contributed by atoms with van der Waals surface area (Å²) in [6.07, 6.45) is 0.642. The molecule has 78 valence electrons. The highest BCUT2D eigenvalue weighted by molar-refractivity contribution is 5.40. The lowest BCUT2D eigenvalue weighted by atomic mass is 9.85. The molecule has 0 spiro atoms. The molecule has 0 aromatic heterocycles. The summed E-state index contributed by atoms with van der Waals surface area (Å²) >= 11 is 0. The molecule has 0 radical (unpaired) electrons. The molecule has 0 fully saturated rings. The van der Waals surface area contributed by atoms with Crippen LogP contribution in [0.4, 0.5) is 0 Å². The van der Waals surface area contributed by atoms with Crippen LogP contribution < -0.4 is 0 Å². The van der Waals surface area contributed by atoms with Crippen LogP contribution in [0.1, 0.15) is 31.9 Å². The number of phenols is 1. The van der Waals surface area contributed by atoms with Crippen LogP contribution in [0.5, 0.6) is 5.75 Å². The van der Waals surface area contributed by atoms with E-state index in [1.54, 1.807) is 6.07 Å². The number of hydrogen-bond donors (Lipinski definition) is 2. The Balaban J connectivity index is 3.09. The van der Waals surface area contributed by atoms with Crippen molar-refractivity contribution in [2.45, 2.75) is 32.6 Å². The summed E-state index contributed by atoms with van der Waals surface area (Å²) in [4.78, 5) is 0. The Morgan fingerprint density at radius 2 is 1.86 bits per heavy atom. The van der Waals surface area contributed by atoms with E-state index in [4.69, 9.17) is 5.11 Å². The number of aromatic hydroxyl groups is 1. The SMILES string of the molecule is CC(C)(C)c1cc(CCO)ccc1O. The number of phenolic OH excluding ortho intramolecular Hbond substituents is 1. The van der Waals surface area contributed by atoms with Gasteiger partial charge in [0.1, 0.15) is 5.75 Å². The van der Waals surface area contributed by atoms with Gasteiger partial charge in [-0.05, 0) is 29.0 Å². The molecule has 0 atom stereocenters. The van der Waals surface area contributed by atoms with Gasteiger partial charge in [-0.3, -0.25) is 0 Å². The van der Waals surface area contributed by atoms with E-state index < -0.39 is 0 Å². The summed E-state index contributed by atoms with van der Waals surface area (Å²) in [5.74, 6) is 0.333. The zero-order valence-corrected chi connectivity index (χ0v) is 9.04. The van der Waals surface area contributed by atoms with Crippen molar-refractivity contribution in [1.29, 1.82) is 0 Å². The van der Waals surface area contributed by atoms with Gasteiger partial charge in [-0.2, -0.15) is 0 Å². The maximum Gasteiger partial charge on any atom is 0.119 e. The standard InChI is InChI=1S/C12H18O2/c1-12(2,3)10-8-9(6-7-13)4-5-11(10)14/h4-5,8,13-14H,6-7H2,1-3H3. The quantitative estimate of drug-likeness (QED) is 0.758. The van der Waals surface area contributed by atoms with Crippen molar-refractivity contribution in [3.63, 3.8) is 0 Å². The maximum absolute atomic E-state index is 9.68. The molecule has 0 saturated carbocycles. The van der Waals surface area contributed by atoms with E-state index in [1.807, 2.05) is 12.1 Å². The van der Waals surface area contributed by atoms with Gasteiger partial charge in [0.2, 0.25) is 0 Å². The Bertz CT molecular complexity index is 311. The molecule has 2 N–H and O–H groups in total. The topological polar surface area (TPSA) is 40.5 Å². The van der Waals surface area contributed by atoms with Gasteiger partial charge >= 0.3 is 0 Å². The third-order valence-electron chi connectivity index (χ3n) is 2.27. The molecule has 1 aromatic carbocycles. The lowest BCUT2D eigenvalue weighted by molar-refractivity contribution is 0.299. The Hall–Kier alpha value is -1.02. The molecule has 0 saturated heterocycles. The first-order valence-electron chi connectivity index (χ1n) is 4.88. The molecule has 0 aliphatic carbocycles. The Morgan fingerprint density at radius 1 is 1.21 bits per heavy atom. The smallest absolute Gasteiger partial charge is 0.119 e. The summed E-state index contributed by atoms with van der Waals surface area (Å²) in [6.45, 7) is 6.33. The predicted molar refractivity (Wildman–Crippen MR) is 57.6 cm³/mol. The molecule has 2 heteroatoms. The predicted octanol–water partition coefficient (Wildman–Crippen LogP) is 2.22. The number of aliphatic hydroxyl groups excluding tert-OH is 1. The molecule has 1 aromatic rings. The molecule has 14 heavy (non-hydrogen) atoms. The van der Waals surface area contributed by atoms with Crippen molar-refractivity contribution in [3.05, 3.63) is 29.3 Å². The maximum atomic E-state index is 9.68. The fourth-order valence-electron chi connectivity index (χ4n) is 1.47. The average molecular weight is 194 g/mol. The first-order valence-corrected chi connectivity index (χ1v) is 4.88. The minimum absolute atomic E-state index is 0.0600. The minimum Gasteiger partial charge on any atom is -0.508 e. The van der Waals surface area contributed by atoms with E-state index in [2.05, 4.69) is 20.8 Å². The second kappa shape index (κ2) is 4.01. The second-order valence-electron chi connectivity index (χ2n) is 4.58. The first-order chi connectivity index (χ1) is 6.45. The summed E-state index contributed by atoms with van der Waals surface area (Å²) in [6, 6.07) is 5.51. The van der Waals surface area contributed by atoms with Gasteiger partial charge in [-0.25, -0.2) is 0 Å². The molecule has 0 unspecified atom stereocenters. The van der Waals surface area contributed by atoms with Gasteiger partial charge in [0.25, 0.3) is 0 Å². The minimum atomic E-state index is -0.0600. The monoisotopic (exact) mass is 194 g/mol. The highest BCUT2D eigenvalue weighted by atomic mass is 16.3. The third-order valence-corrected chi connectivity index (χ3v) is 2.27. The zero-order chi connectivity index (χ0) is 10.8. The number of rotatable bonds is 2. The van der Waals surface area contributed by atoms with Crippen LogP contribution >= 0.6 is 0 Å². The van der Waals surface area contributed by atoms with E-state index >= 15 is 0 Å². The molecule has 0 aliphatic heterocycles. The first kappa shape index (κ1) is 11.1. The molecule has 0 bridgehead atoms. The van der Waals surface area contributed by atoms with Crippen molar-refractivity contribution < 1.29 is 10.2 Å². The van der Waals surface area contributed by atoms with Crippen LogP contribution in [-0.4, -0.2) is 16.8 Å². The van der Waals surface area contributed by atoms with E-state index in [0.717, 1.165) is 11.1 Å². The molecule has 0 aliphatic rings. The van der Waals surface area contributed by atoms with Crippen molar-refractivity contribution in [1.82, 2.24) is 0 Å². The van der Waals surface area contributed by atoms with Crippen LogP contribution in [-0.2, 0) is 11.8 Å². The Kier molecular flexibility index (Phi) is 3.17. The summed E-state index contributed by atoms with van der Waals surface area (Å²) in [5.41, 5.74) is 1.94. The van der Waals surface area contributed by atoms with Crippen molar-refractivity contribution in [2.24, 2.45) is 0 Å². The van der Waals surface area contributed by atoms with Gasteiger partial charge in [0.15, 0.2) is 0 Å². The summed E-state index contributed by atoms with van der Waals surface area (Å²) in [5, 5.41) is 18.5. The number of aliphatic hydroxyl groups is 1. The van der Waals surface area contributed by atoms with E-state index in [0.29, 0.717) is 12.2 Å². The largest absolute Gasteiger partial charge is 0.508 e. The molecule has 0 amide bonds. The van der Waals surface area contributed by atoms with Gasteiger partial charge in [0.05, 0.1) is 0 Å². The van der Waals surface area contributed by atoms with Crippen LogP contribution in [0.25, 0.3) is 0 Å². The van der Waals surface area contributed by atoms with Gasteiger partial charge in [-0.1, -0.05) is 32.9 Å². The molecular weight excluding hydrogens is 176 g/mol. The number of hydrogen-bond acceptors (Lipinski definition) is 2. The Labute approximate surface area is 85.2 Å². The van der Waals surface area contributed by atoms with Gasteiger partial charge in [0, 0.05) is 6.61 Å². The van der Waals surface area contributed by atoms with Crippen LogP contribution in [0.3, 0.4) is 0 Å². The highest BCUT2D eigenvalue weighted by Crippen LogP contribution is 2.31. The van der Waals surface area contributed by atoms with Gasteiger partial charge in [-0.15, -0.1) is 0 Å². The highest BCUT2D eigenvalue weighted by Gasteiger charge is 2.17. The third kappa shape index (κ3) is 2.48.